The van der Waals surface area contributed by atoms with Crippen molar-refractivity contribution in [3.63, 3.8) is 0 Å². The number of amides is 2. The summed E-state index contributed by atoms with van der Waals surface area (Å²) in [5.74, 6) is -3.41. The van der Waals surface area contributed by atoms with Gasteiger partial charge in [0.15, 0.2) is 5.69 Å². The Morgan fingerprint density at radius 1 is 1.06 bits per heavy atom. The largest absolute Gasteiger partial charge is 0.381 e. The second-order valence-corrected chi connectivity index (χ2v) is 7.83. The van der Waals surface area contributed by atoms with E-state index < -0.39 is 29.0 Å². The number of benzene rings is 1. The number of carbonyl (C=O) groups excluding carboxylic acids is 2. The molecule has 31 heavy (non-hydrogen) atoms. The number of hydrogen-bond donors (Lipinski definition) is 3. The summed E-state index contributed by atoms with van der Waals surface area (Å²) >= 11 is 0. The first-order chi connectivity index (χ1) is 15.0. The Hall–Kier alpha value is -2.85. The van der Waals surface area contributed by atoms with Gasteiger partial charge in [-0.15, -0.1) is 0 Å². The number of rotatable bonds is 5. The van der Waals surface area contributed by atoms with Crippen LogP contribution in [0, 0.1) is 11.6 Å². The van der Waals surface area contributed by atoms with E-state index >= 15 is 0 Å². The topological polar surface area (TPSA) is 99.3 Å². The summed E-state index contributed by atoms with van der Waals surface area (Å²) in [7, 11) is 0. The Morgan fingerprint density at radius 2 is 1.74 bits per heavy atom. The summed E-state index contributed by atoms with van der Waals surface area (Å²) in [4.78, 5) is 27.5. The Kier molecular flexibility index (Phi) is 6.57. The lowest BCUT2D eigenvalue weighted by Gasteiger charge is -2.39. The molecule has 2 saturated heterocycles. The summed E-state index contributed by atoms with van der Waals surface area (Å²) in [6.07, 6.45) is 5.01. The van der Waals surface area contributed by atoms with Gasteiger partial charge in [0.05, 0.1) is 5.69 Å². The third kappa shape index (κ3) is 4.91. The summed E-state index contributed by atoms with van der Waals surface area (Å²) in [6, 6.07) is 3.69. The highest BCUT2D eigenvalue weighted by Crippen LogP contribution is 2.21. The maximum absolute atomic E-state index is 13.8. The number of hydrogen-bond acceptors (Lipinski definition) is 5. The molecule has 2 aromatic rings. The third-order valence-corrected chi connectivity index (χ3v) is 5.87. The van der Waals surface area contributed by atoms with Gasteiger partial charge in [0, 0.05) is 44.6 Å². The molecule has 2 aliphatic heterocycles. The van der Waals surface area contributed by atoms with Crippen LogP contribution in [0.3, 0.4) is 0 Å². The van der Waals surface area contributed by atoms with E-state index in [2.05, 4.69) is 25.7 Å². The molecule has 2 amide bonds. The van der Waals surface area contributed by atoms with Crippen molar-refractivity contribution in [3.05, 3.63) is 47.3 Å². The number of carbonyl (C=O) groups is 2. The molecular weight excluding hydrogens is 408 g/mol. The van der Waals surface area contributed by atoms with Gasteiger partial charge in [0.25, 0.3) is 11.8 Å². The van der Waals surface area contributed by atoms with Crippen LogP contribution in [0.1, 0.15) is 46.5 Å². The summed E-state index contributed by atoms with van der Waals surface area (Å²) < 4.78 is 33.1. The van der Waals surface area contributed by atoms with E-state index in [-0.39, 0.29) is 17.4 Å². The number of halogens is 2. The van der Waals surface area contributed by atoms with Gasteiger partial charge in [-0.25, -0.2) is 8.78 Å². The molecule has 3 heterocycles. The second kappa shape index (κ2) is 9.52. The minimum absolute atomic E-state index is 0.00662. The van der Waals surface area contributed by atoms with Crippen LogP contribution in [0.25, 0.3) is 0 Å². The van der Waals surface area contributed by atoms with Crippen LogP contribution in [0.2, 0.25) is 0 Å². The van der Waals surface area contributed by atoms with Crippen molar-refractivity contribution in [1.29, 1.82) is 0 Å². The minimum atomic E-state index is -0.990. The van der Waals surface area contributed by atoms with Gasteiger partial charge in [0.1, 0.15) is 17.2 Å². The minimum Gasteiger partial charge on any atom is -0.381 e. The van der Waals surface area contributed by atoms with E-state index in [1.54, 1.807) is 0 Å². The van der Waals surface area contributed by atoms with Gasteiger partial charge >= 0.3 is 0 Å². The summed E-state index contributed by atoms with van der Waals surface area (Å²) in [5.41, 5.74) is -0.683. The number of nitrogens with zero attached hydrogens (tertiary/aromatic N) is 2. The van der Waals surface area contributed by atoms with Gasteiger partial charge in [-0.2, -0.15) is 5.10 Å². The molecule has 8 nitrogen and oxygen atoms in total. The molecule has 166 valence electrons. The van der Waals surface area contributed by atoms with Crippen LogP contribution >= 0.6 is 0 Å². The van der Waals surface area contributed by atoms with E-state index in [0.29, 0.717) is 6.04 Å². The number of nitrogens with one attached hydrogen (secondary N) is 3. The lowest BCUT2D eigenvalue weighted by Crippen LogP contribution is -2.49. The van der Waals surface area contributed by atoms with Crippen molar-refractivity contribution in [2.45, 2.75) is 37.8 Å². The molecule has 0 unspecified atom stereocenters. The molecule has 0 bridgehead atoms. The molecule has 0 spiro atoms. The first-order valence-electron chi connectivity index (χ1n) is 10.4. The molecule has 0 aliphatic carbocycles. The molecule has 0 atom stereocenters. The van der Waals surface area contributed by atoms with Gasteiger partial charge in [-0.3, -0.25) is 14.7 Å². The molecule has 0 radical (unpaired) electrons. The van der Waals surface area contributed by atoms with Crippen molar-refractivity contribution in [1.82, 2.24) is 20.4 Å². The smallest absolute Gasteiger partial charge is 0.274 e. The van der Waals surface area contributed by atoms with Crippen LogP contribution < -0.4 is 10.6 Å². The fraction of sp³-hybridized carbons (Fsp3) is 0.476. The highest BCUT2D eigenvalue weighted by molar-refractivity contribution is 6.08. The SMILES string of the molecule is O=C(NC1CCN(C2CCOCC2)CC1)c1n[nH]cc1NC(=O)c1c(F)cccc1F. The maximum Gasteiger partial charge on any atom is 0.274 e. The molecule has 2 aliphatic rings. The molecular formula is C21H25F2N5O3. The predicted octanol–water partition coefficient (Wildman–Crippen LogP) is 2.31. The number of piperidine rings is 1. The van der Waals surface area contributed by atoms with Gasteiger partial charge in [-0.05, 0) is 37.8 Å². The normalized spacial score (nSPS) is 18.6. The van der Waals surface area contributed by atoms with Crippen molar-refractivity contribution in [2.24, 2.45) is 0 Å². The highest BCUT2D eigenvalue weighted by atomic mass is 19.1. The molecule has 3 N–H and O–H groups in total. The average molecular weight is 433 g/mol. The van der Waals surface area contributed by atoms with Gasteiger partial charge in [0.2, 0.25) is 0 Å². The fourth-order valence-electron chi connectivity index (χ4n) is 4.17. The Labute approximate surface area is 178 Å². The van der Waals surface area contributed by atoms with E-state index in [4.69, 9.17) is 4.74 Å². The van der Waals surface area contributed by atoms with E-state index in [0.717, 1.165) is 64.1 Å². The molecule has 10 heteroatoms. The Morgan fingerprint density at radius 3 is 2.42 bits per heavy atom. The van der Waals surface area contributed by atoms with E-state index in [9.17, 15) is 18.4 Å². The molecule has 4 rings (SSSR count). The zero-order valence-electron chi connectivity index (χ0n) is 17.0. The fourth-order valence-corrected chi connectivity index (χ4v) is 4.17. The van der Waals surface area contributed by atoms with Gasteiger partial charge in [-0.1, -0.05) is 6.07 Å². The van der Waals surface area contributed by atoms with Crippen molar-refractivity contribution in [3.8, 4) is 0 Å². The third-order valence-electron chi connectivity index (χ3n) is 5.87. The van der Waals surface area contributed by atoms with Crippen LogP contribution in [0.4, 0.5) is 14.5 Å². The Balaban J connectivity index is 1.34. The average Bonchev–Trinajstić information content (AvgIpc) is 3.23. The first-order valence-corrected chi connectivity index (χ1v) is 10.4. The van der Waals surface area contributed by atoms with Gasteiger partial charge < -0.3 is 20.3 Å². The predicted molar refractivity (Wildman–Crippen MR) is 109 cm³/mol. The monoisotopic (exact) mass is 433 g/mol. The number of ether oxygens (including phenoxy) is 1. The Bertz CT molecular complexity index is 917. The number of anilines is 1. The number of H-pyrrole nitrogens is 1. The van der Waals surface area contributed by atoms with Crippen molar-refractivity contribution in [2.75, 3.05) is 31.6 Å². The summed E-state index contributed by atoms with van der Waals surface area (Å²) in [5, 5.41) is 11.7. The van der Waals surface area contributed by atoms with E-state index in [1.807, 2.05) is 0 Å². The summed E-state index contributed by atoms with van der Waals surface area (Å²) in [6.45, 7) is 3.39. The molecule has 1 aromatic heterocycles. The van der Waals surface area contributed by atoms with Crippen LogP contribution in [0.15, 0.2) is 24.4 Å². The number of likely N-dealkylation sites (tertiary alicyclic amines) is 1. The zero-order chi connectivity index (χ0) is 21.8. The standard InChI is InChI=1S/C21H25F2N5O3/c22-15-2-1-3-16(23)18(15)20(29)26-17-12-24-27-19(17)21(30)25-13-4-8-28(9-5-13)14-6-10-31-11-7-14/h1-3,12-14H,4-11H2,(H,24,27)(H,25,30)(H,26,29). The van der Waals surface area contributed by atoms with Crippen LogP contribution in [0.5, 0.6) is 0 Å². The second-order valence-electron chi connectivity index (χ2n) is 7.83. The molecule has 0 saturated carbocycles. The maximum atomic E-state index is 13.8. The zero-order valence-corrected chi connectivity index (χ0v) is 17.0. The van der Waals surface area contributed by atoms with Crippen molar-refractivity contribution < 1.29 is 23.1 Å². The van der Waals surface area contributed by atoms with Crippen LogP contribution in [-0.2, 0) is 4.74 Å². The lowest BCUT2D eigenvalue weighted by molar-refractivity contribution is 0.0238. The van der Waals surface area contributed by atoms with Crippen LogP contribution in [-0.4, -0.2) is 65.3 Å². The lowest BCUT2D eigenvalue weighted by atomic mass is 9.99. The molecule has 2 fully saturated rings. The molecule has 1 aromatic carbocycles. The van der Waals surface area contributed by atoms with E-state index in [1.165, 1.54) is 12.3 Å². The quantitative estimate of drug-likeness (QED) is 0.672. The number of aromatic nitrogens is 2. The number of aromatic amines is 1. The highest BCUT2D eigenvalue weighted by Gasteiger charge is 2.28. The first kappa shape index (κ1) is 21.4. The van der Waals surface area contributed by atoms with Crippen molar-refractivity contribution >= 4 is 17.5 Å².